The van der Waals surface area contributed by atoms with Gasteiger partial charge in [0.1, 0.15) is 0 Å². The molecule has 0 saturated heterocycles. The lowest BCUT2D eigenvalue weighted by Gasteiger charge is -2.34. The molecule has 3 unspecified atom stereocenters. The molecule has 1 aliphatic rings. The van der Waals surface area contributed by atoms with Crippen LogP contribution in [0.1, 0.15) is 19.4 Å². The number of rotatable bonds is 9. The van der Waals surface area contributed by atoms with Crippen LogP contribution in [0.25, 0.3) is 0 Å². The van der Waals surface area contributed by atoms with Crippen molar-refractivity contribution < 1.29 is 4.74 Å². The third kappa shape index (κ3) is 5.74. The zero-order valence-electron chi connectivity index (χ0n) is 15.1. The van der Waals surface area contributed by atoms with Crippen molar-refractivity contribution in [3.05, 3.63) is 59.7 Å². The van der Waals surface area contributed by atoms with Gasteiger partial charge in [0.15, 0.2) is 0 Å². The summed E-state index contributed by atoms with van der Waals surface area (Å²) in [5.41, 5.74) is 11.3. The lowest BCUT2D eigenvalue weighted by atomic mass is 9.90. The van der Waals surface area contributed by atoms with E-state index in [4.69, 9.17) is 22.2 Å². The Morgan fingerprint density at radius 3 is 2.68 bits per heavy atom. The van der Waals surface area contributed by atoms with Crippen LogP contribution in [0.3, 0.4) is 0 Å². The highest BCUT2D eigenvalue weighted by atomic mass is 16.5. The molecule has 7 N–H and O–H groups in total. The van der Waals surface area contributed by atoms with E-state index in [9.17, 15) is 0 Å². The van der Waals surface area contributed by atoms with Gasteiger partial charge in [-0.1, -0.05) is 62.4 Å². The first-order valence-electron chi connectivity index (χ1n) is 8.75. The zero-order valence-corrected chi connectivity index (χ0v) is 15.1. The smallest absolute Gasteiger partial charge is 0.0906 e. The summed E-state index contributed by atoms with van der Waals surface area (Å²) in [4.78, 5) is 0. The molecule has 0 saturated carbocycles. The van der Waals surface area contributed by atoms with E-state index in [1.165, 1.54) is 0 Å². The van der Waals surface area contributed by atoms with Gasteiger partial charge in [-0.25, -0.2) is 10.4 Å². The Kier molecular flexibility index (Phi) is 7.77. The molecule has 0 heterocycles. The van der Waals surface area contributed by atoms with E-state index in [-0.39, 0.29) is 18.1 Å². The molecule has 1 aromatic carbocycles. The van der Waals surface area contributed by atoms with Crippen molar-refractivity contribution in [3.63, 3.8) is 0 Å². The molecule has 4 atom stereocenters. The van der Waals surface area contributed by atoms with Gasteiger partial charge in [0.05, 0.1) is 19.4 Å². The lowest BCUT2D eigenvalue weighted by Crippen LogP contribution is -2.57. The molecule has 0 radical (unpaired) electrons. The first kappa shape index (κ1) is 19.8. The Hall–Kier alpha value is -1.54. The summed E-state index contributed by atoms with van der Waals surface area (Å²) in [6.07, 6.45) is 5.97. The maximum absolute atomic E-state index is 6.27. The number of allylic oxidation sites excluding steroid dienone is 2. The Morgan fingerprint density at radius 1 is 1.28 bits per heavy atom. The maximum Gasteiger partial charge on any atom is 0.0906 e. The summed E-state index contributed by atoms with van der Waals surface area (Å²) >= 11 is 0. The first-order chi connectivity index (χ1) is 12.0. The topological polar surface area (TPSA) is 103 Å². The normalized spacial score (nSPS) is 22.7. The number of hydrogen-bond donors (Lipinski definition) is 4. The summed E-state index contributed by atoms with van der Waals surface area (Å²) in [6.45, 7) is 5.86. The van der Waals surface area contributed by atoms with Crippen LogP contribution in [0.2, 0.25) is 0 Å². The van der Waals surface area contributed by atoms with Crippen LogP contribution in [-0.4, -0.2) is 30.4 Å². The molecule has 0 bridgehead atoms. The third-order valence-electron chi connectivity index (χ3n) is 4.64. The summed E-state index contributed by atoms with van der Waals surface area (Å²) in [6, 6.07) is 10.1. The molecule has 25 heavy (non-hydrogen) atoms. The Morgan fingerprint density at radius 2 is 2.00 bits per heavy atom. The number of ether oxygens (including phenoxy) is 1. The average molecular weight is 345 g/mol. The van der Waals surface area contributed by atoms with E-state index in [2.05, 4.69) is 25.3 Å². The lowest BCUT2D eigenvalue weighted by molar-refractivity contribution is 0.0372. The molecule has 6 heteroatoms. The van der Waals surface area contributed by atoms with Crippen molar-refractivity contribution in [1.82, 2.24) is 10.4 Å². The van der Waals surface area contributed by atoms with Gasteiger partial charge in [-0.2, -0.15) is 0 Å². The van der Waals surface area contributed by atoms with Gasteiger partial charge < -0.3 is 10.5 Å². The molecule has 0 aromatic heterocycles. The second-order valence-electron chi connectivity index (χ2n) is 6.77. The van der Waals surface area contributed by atoms with E-state index in [0.717, 1.165) is 11.1 Å². The molecule has 6 nitrogen and oxygen atoms in total. The number of nitrogens with zero attached hydrogens (tertiary/aromatic N) is 1. The maximum atomic E-state index is 6.27. The van der Waals surface area contributed by atoms with Gasteiger partial charge in [0.2, 0.25) is 0 Å². The van der Waals surface area contributed by atoms with E-state index >= 15 is 0 Å². The molecule has 2 rings (SSSR count). The molecular formula is C19H31N5O. The molecular weight excluding hydrogens is 314 g/mol. The van der Waals surface area contributed by atoms with Crippen LogP contribution in [0.4, 0.5) is 0 Å². The number of nitrogens with one attached hydrogen (secondary N) is 1. The molecule has 0 aliphatic heterocycles. The monoisotopic (exact) mass is 345 g/mol. The molecule has 1 aliphatic carbocycles. The van der Waals surface area contributed by atoms with Gasteiger partial charge in [0, 0.05) is 18.5 Å². The summed E-state index contributed by atoms with van der Waals surface area (Å²) in [7, 11) is 0. The zero-order chi connectivity index (χ0) is 18.2. The fraction of sp³-hybridized carbons (Fsp3) is 0.474. The van der Waals surface area contributed by atoms with E-state index in [0.29, 0.717) is 25.7 Å². The van der Waals surface area contributed by atoms with Crippen molar-refractivity contribution >= 4 is 0 Å². The third-order valence-corrected chi connectivity index (χ3v) is 4.64. The van der Waals surface area contributed by atoms with Crippen molar-refractivity contribution in [3.8, 4) is 0 Å². The largest absolute Gasteiger partial charge is 0.376 e. The standard InChI is InChI=1S/C19H31N5O/c1-14-7-6-10-17(18(14)20)11-24(22)19(23-21)15(2)12-25-13-16-8-4-3-5-9-16/h3-10,14-15,18-19,23H,11-13,20-22H2,1-2H3/t14?,15-,18?,19?/m1/s1. The predicted octanol–water partition coefficient (Wildman–Crippen LogP) is 1.26. The van der Waals surface area contributed by atoms with Crippen LogP contribution < -0.4 is 22.8 Å². The Labute approximate surface area is 150 Å². The van der Waals surface area contributed by atoms with Crippen molar-refractivity contribution in [2.24, 2.45) is 29.3 Å². The fourth-order valence-electron chi connectivity index (χ4n) is 3.01. The highest BCUT2D eigenvalue weighted by Crippen LogP contribution is 2.19. The minimum atomic E-state index is -0.204. The van der Waals surface area contributed by atoms with Gasteiger partial charge in [0.25, 0.3) is 0 Å². The number of hydrogen-bond acceptors (Lipinski definition) is 6. The summed E-state index contributed by atoms with van der Waals surface area (Å²) in [5.74, 6) is 12.4. The quantitative estimate of drug-likeness (QED) is 0.305. The van der Waals surface area contributed by atoms with Crippen molar-refractivity contribution in [1.29, 1.82) is 0 Å². The van der Waals surface area contributed by atoms with Gasteiger partial charge in [-0.15, -0.1) is 0 Å². The molecule has 0 amide bonds. The van der Waals surface area contributed by atoms with Crippen LogP contribution >= 0.6 is 0 Å². The Balaban J connectivity index is 1.84. The van der Waals surface area contributed by atoms with Crippen LogP contribution in [0, 0.1) is 11.8 Å². The number of hydrazine groups is 2. The van der Waals surface area contributed by atoms with E-state index < -0.39 is 0 Å². The van der Waals surface area contributed by atoms with E-state index in [1.807, 2.05) is 42.5 Å². The first-order valence-corrected chi connectivity index (χ1v) is 8.75. The second-order valence-corrected chi connectivity index (χ2v) is 6.77. The number of nitrogens with two attached hydrogens (primary N) is 3. The summed E-state index contributed by atoms with van der Waals surface area (Å²) in [5, 5.41) is 1.70. The Bertz CT molecular complexity index is 574. The highest BCUT2D eigenvalue weighted by Gasteiger charge is 2.25. The minimum Gasteiger partial charge on any atom is -0.376 e. The predicted molar refractivity (Wildman–Crippen MR) is 102 cm³/mol. The van der Waals surface area contributed by atoms with Crippen LogP contribution in [0.5, 0.6) is 0 Å². The highest BCUT2D eigenvalue weighted by molar-refractivity contribution is 5.26. The SMILES string of the molecule is CC1C=CC=C(CN(N)C(NN)[C@H](C)COCc2ccccc2)C1N. The second kappa shape index (κ2) is 9.82. The number of benzene rings is 1. The summed E-state index contributed by atoms with van der Waals surface area (Å²) < 4.78 is 5.81. The van der Waals surface area contributed by atoms with Gasteiger partial charge in [-0.05, 0) is 17.1 Å². The van der Waals surface area contributed by atoms with Crippen LogP contribution in [0.15, 0.2) is 54.1 Å². The minimum absolute atomic E-state index is 0.0147. The molecule has 138 valence electrons. The molecule has 1 aromatic rings. The van der Waals surface area contributed by atoms with E-state index in [1.54, 1.807) is 5.01 Å². The van der Waals surface area contributed by atoms with Gasteiger partial charge in [-0.3, -0.25) is 11.7 Å². The van der Waals surface area contributed by atoms with Crippen LogP contribution in [-0.2, 0) is 11.3 Å². The molecule has 0 spiro atoms. The van der Waals surface area contributed by atoms with Gasteiger partial charge >= 0.3 is 0 Å². The van der Waals surface area contributed by atoms with Crippen molar-refractivity contribution in [2.75, 3.05) is 13.2 Å². The fourth-order valence-corrected chi connectivity index (χ4v) is 3.01. The molecule has 0 fully saturated rings. The average Bonchev–Trinajstić information content (AvgIpc) is 2.60. The van der Waals surface area contributed by atoms with Crippen molar-refractivity contribution in [2.45, 2.75) is 32.7 Å².